The van der Waals surface area contributed by atoms with E-state index >= 15 is 0 Å². The first-order valence-corrected chi connectivity index (χ1v) is 20.4. The van der Waals surface area contributed by atoms with E-state index in [2.05, 4.69) is 55.8 Å². The Labute approximate surface area is 308 Å². The number of fused-ring (bicyclic) bond motifs is 2. The van der Waals surface area contributed by atoms with Gasteiger partial charge in [0.2, 0.25) is 29.5 Å². The molecule has 7 unspecified atom stereocenters. The van der Waals surface area contributed by atoms with E-state index in [4.69, 9.17) is 0 Å². The number of hydrogen-bond acceptors (Lipinski definition) is 12. The van der Waals surface area contributed by atoms with Crippen molar-refractivity contribution in [1.29, 1.82) is 0 Å². The molecule has 5 heterocycles. The number of likely N-dealkylation sites (tertiary alicyclic amines) is 1. The molecule has 5 aliphatic heterocycles. The molecule has 15 heteroatoms. The van der Waals surface area contributed by atoms with Gasteiger partial charge in [0.25, 0.3) is 0 Å². The lowest BCUT2D eigenvalue weighted by molar-refractivity contribution is -0.151. The Morgan fingerprint density at radius 3 is 2.44 bits per heavy atom. The van der Waals surface area contributed by atoms with Crippen LogP contribution in [0.4, 0.5) is 0 Å². The predicted molar refractivity (Wildman–Crippen MR) is 194 cm³/mol. The van der Waals surface area contributed by atoms with Crippen LogP contribution in [0.5, 0.6) is 0 Å². The Morgan fingerprint density at radius 2 is 1.67 bits per heavy atom. The number of piperidine rings is 1. The number of amides is 5. The maximum absolute atomic E-state index is 13.5. The molecule has 7 aliphatic rings. The van der Waals surface area contributed by atoms with E-state index in [1.807, 2.05) is 4.90 Å². The molecule has 52 heavy (non-hydrogen) atoms. The SMILES string of the molecule is CCC(CC)C1CC(N[C@H]2CC[C@H](NCC(=O)N3CCN(CCNC4CCCC5C(=O)N(C6CCC(=O)NC6=O)C(=O)C45)CC3)C2)N2NCCC2N1. The normalized spacial score (nSPS) is 36.1. The lowest BCUT2D eigenvalue weighted by atomic mass is 9.77. The Kier molecular flexibility index (Phi) is 12.3. The first-order valence-electron chi connectivity index (χ1n) is 20.4. The van der Waals surface area contributed by atoms with E-state index in [0.29, 0.717) is 69.0 Å². The van der Waals surface area contributed by atoms with E-state index in [1.54, 1.807) is 0 Å². The average Bonchev–Trinajstić information content (AvgIpc) is 3.87. The number of rotatable bonds is 13. The third-order valence-corrected chi connectivity index (χ3v) is 13.3. The zero-order chi connectivity index (χ0) is 36.4. The highest BCUT2D eigenvalue weighted by molar-refractivity contribution is 6.11. The van der Waals surface area contributed by atoms with Crippen molar-refractivity contribution < 1.29 is 24.0 Å². The van der Waals surface area contributed by atoms with Crippen LogP contribution < -0.4 is 32.0 Å². The van der Waals surface area contributed by atoms with Gasteiger partial charge in [-0.2, -0.15) is 0 Å². The fourth-order valence-electron chi connectivity index (χ4n) is 10.4. The monoisotopic (exact) mass is 726 g/mol. The highest BCUT2D eigenvalue weighted by atomic mass is 16.2. The van der Waals surface area contributed by atoms with Crippen LogP contribution in [-0.4, -0.2) is 144 Å². The van der Waals surface area contributed by atoms with E-state index in [9.17, 15) is 24.0 Å². The predicted octanol–water partition coefficient (Wildman–Crippen LogP) is -0.560. The zero-order valence-corrected chi connectivity index (χ0v) is 31.2. The van der Waals surface area contributed by atoms with Gasteiger partial charge in [0.1, 0.15) is 6.04 Å². The van der Waals surface area contributed by atoms with Crippen molar-refractivity contribution in [3.8, 4) is 0 Å². The molecular weight excluding hydrogens is 664 g/mol. The van der Waals surface area contributed by atoms with E-state index in [-0.39, 0.29) is 42.5 Å². The van der Waals surface area contributed by atoms with Crippen LogP contribution in [0.1, 0.15) is 90.9 Å². The highest BCUT2D eigenvalue weighted by Crippen LogP contribution is 2.40. The number of nitrogens with zero attached hydrogens (tertiary/aromatic N) is 4. The molecule has 6 N–H and O–H groups in total. The van der Waals surface area contributed by atoms with Crippen LogP contribution >= 0.6 is 0 Å². The summed E-state index contributed by atoms with van der Waals surface area (Å²) in [7, 11) is 0. The number of imide groups is 2. The third kappa shape index (κ3) is 8.10. The lowest BCUT2D eigenvalue weighted by Crippen LogP contribution is -2.66. The van der Waals surface area contributed by atoms with Gasteiger partial charge in [-0.05, 0) is 57.3 Å². The minimum absolute atomic E-state index is 0.118. The minimum atomic E-state index is -0.891. The molecule has 290 valence electrons. The summed E-state index contributed by atoms with van der Waals surface area (Å²) in [6, 6.07) is 0.345. The Bertz CT molecular complexity index is 1320. The van der Waals surface area contributed by atoms with Crippen molar-refractivity contribution in [2.75, 3.05) is 52.4 Å². The van der Waals surface area contributed by atoms with Crippen molar-refractivity contribution in [1.82, 2.24) is 51.7 Å². The van der Waals surface area contributed by atoms with Gasteiger partial charge in [0, 0.05) is 76.4 Å². The topological polar surface area (TPSA) is 170 Å². The van der Waals surface area contributed by atoms with Crippen molar-refractivity contribution in [2.24, 2.45) is 17.8 Å². The second-order valence-corrected chi connectivity index (χ2v) is 16.3. The summed E-state index contributed by atoms with van der Waals surface area (Å²) in [6.07, 6.45) is 11.3. The molecule has 0 aromatic rings. The van der Waals surface area contributed by atoms with Crippen LogP contribution in [0.25, 0.3) is 0 Å². The quantitative estimate of drug-likeness (QED) is 0.134. The molecule has 7 rings (SSSR count). The fourth-order valence-corrected chi connectivity index (χ4v) is 10.4. The molecule has 5 amide bonds. The van der Waals surface area contributed by atoms with Crippen LogP contribution in [-0.2, 0) is 24.0 Å². The first kappa shape index (κ1) is 37.8. The second-order valence-electron chi connectivity index (χ2n) is 16.3. The highest BCUT2D eigenvalue weighted by Gasteiger charge is 2.55. The van der Waals surface area contributed by atoms with Crippen LogP contribution in [0.15, 0.2) is 0 Å². The van der Waals surface area contributed by atoms with Crippen molar-refractivity contribution in [2.45, 2.75) is 133 Å². The smallest absolute Gasteiger partial charge is 0.249 e. The van der Waals surface area contributed by atoms with Crippen LogP contribution in [0.2, 0.25) is 0 Å². The van der Waals surface area contributed by atoms with Crippen molar-refractivity contribution in [3.05, 3.63) is 0 Å². The largest absolute Gasteiger partial charge is 0.339 e. The van der Waals surface area contributed by atoms with Gasteiger partial charge in [-0.3, -0.25) is 55.1 Å². The van der Waals surface area contributed by atoms with Gasteiger partial charge in [-0.1, -0.05) is 33.1 Å². The van der Waals surface area contributed by atoms with Gasteiger partial charge in [0.05, 0.1) is 30.7 Å². The zero-order valence-electron chi connectivity index (χ0n) is 31.2. The molecule has 9 atom stereocenters. The average molecular weight is 727 g/mol. The van der Waals surface area contributed by atoms with Gasteiger partial charge in [-0.25, -0.2) is 5.01 Å². The summed E-state index contributed by atoms with van der Waals surface area (Å²) in [5.41, 5.74) is 3.61. The van der Waals surface area contributed by atoms with Gasteiger partial charge in [-0.15, -0.1) is 0 Å². The molecule has 5 saturated heterocycles. The van der Waals surface area contributed by atoms with Gasteiger partial charge in [0.15, 0.2) is 0 Å². The molecular formula is C37H62N10O5. The van der Waals surface area contributed by atoms with Crippen molar-refractivity contribution >= 4 is 29.5 Å². The standard InChI is InChI=1S/C37H62N10O5/c1-3-23(4-2)28-21-31(47-30(42-28)12-13-40-47)41-25-9-8-24(20-25)39-22-33(49)45-18-16-44(17-19-45)15-14-38-27-7-5-6-26-34(27)37(52)46(36(26)51)29-10-11-32(48)43-35(29)50/h23-31,34,38-42H,3-22H2,1-2H3,(H,43,48,50)/t24-,25-,26?,27?,28?,29?,30?,31?,34?/m0/s1. The maximum Gasteiger partial charge on any atom is 0.249 e. The summed E-state index contributed by atoms with van der Waals surface area (Å²) >= 11 is 0. The maximum atomic E-state index is 13.5. The number of carbonyl (C=O) groups is 5. The van der Waals surface area contributed by atoms with E-state index < -0.39 is 23.8 Å². The Morgan fingerprint density at radius 1 is 0.885 bits per heavy atom. The number of carbonyl (C=O) groups excluding carboxylic acids is 5. The Balaban J connectivity index is 0.802. The molecule has 0 spiro atoms. The van der Waals surface area contributed by atoms with E-state index in [1.165, 1.54) is 12.8 Å². The lowest BCUT2D eigenvalue weighted by Gasteiger charge is -2.45. The van der Waals surface area contributed by atoms with Gasteiger partial charge >= 0.3 is 0 Å². The summed E-state index contributed by atoms with van der Waals surface area (Å²) < 4.78 is 0. The number of hydrogen-bond donors (Lipinski definition) is 6. The Hall–Kier alpha value is -2.53. The summed E-state index contributed by atoms with van der Waals surface area (Å²) in [4.78, 5) is 69.6. The van der Waals surface area contributed by atoms with Crippen molar-refractivity contribution in [3.63, 3.8) is 0 Å². The fraction of sp³-hybridized carbons (Fsp3) is 0.865. The molecule has 7 fully saturated rings. The minimum Gasteiger partial charge on any atom is -0.339 e. The molecule has 0 aromatic carbocycles. The van der Waals surface area contributed by atoms with Crippen LogP contribution in [0.3, 0.4) is 0 Å². The number of nitrogens with one attached hydrogen (secondary N) is 6. The van der Waals surface area contributed by atoms with Gasteiger partial charge < -0.3 is 15.5 Å². The first-order chi connectivity index (χ1) is 25.2. The molecule has 2 saturated carbocycles. The number of piperazine rings is 1. The summed E-state index contributed by atoms with van der Waals surface area (Å²) in [6.45, 7) is 10.5. The molecule has 0 radical (unpaired) electrons. The number of hydrazine groups is 1. The summed E-state index contributed by atoms with van der Waals surface area (Å²) in [5.74, 6) is -1.46. The second kappa shape index (κ2) is 16.9. The van der Waals surface area contributed by atoms with E-state index in [0.717, 1.165) is 76.0 Å². The molecule has 2 aliphatic carbocycles. The third-order valence-electron chi connectivity index (χ3n) is 13.3. The molecule has 0 bridgehead atoms. The molecule has 15 nitrogen and oxygen atoms in total. The van der Waals surface area contributed by atoms with Crippen LogP contribution in [0, 0.1) is 17.8 Å². The summed E-state index contributed by atoms with van der Waals surface area (Å²) in [5, 5.41) is 19.8. The molecule has 0 aromatic heterocycles.